The Balaban J connectivity index is 2.15. The maximum atomic E-state index is 13.1. The number of furan rings is 1. The molecule has 148 valence electrons. The molecular formula is C21H16ClNO6. The highest BCUT2D eigenvalue weighted by Gasteiger charge is 2.28. The second-order valence-corrected chi connectivity index (χ2v) is 6.23. The average molecular weight is 414 g/mol. The molecule has 7 nitrogen and oxygen atoms in total. The standard InChI is InChI=1S/C21H16ClNO6/c1-27-13-28-21-15(7-9-16-10-12-18(22)29-16)8-11-17(23(25)26)19(21)20(24)14-5-3-2-4-6-14/h2-12H,13H2,1H3/b9-7+. The summed E-state index contributed by atoms with van der Waals surface area (Å²) in [5, 5.41) is 11.8. The van der Waals surface area contributed by atoms with E-state index >= 15 is 0 Å². The topological polar surface area (TPSA) is 91.8 Å². The van der Waals surface area contributed by atoms with Crippen LogP contribution in [0.25, 0.3) is 12.2 Å². The van der Waals surface area contributed by atoms with Gasteiger partial charge in [-0.1, -0.05) is 30.3 Å². The molecular weight excluding hydrogens is 398 g/mol. The summed E-state index contributed by atoms with van der Waals surface area (Å²) in [4.78, 5) is 24.1. The lowest BCUT2D eigenvalue weighted by Gasteiger charge is -2.13. The van der Waals surface area contributed by atoms with Crippen molar-refractivity contribution in [2.24, 2.45) is 0 Å². The SMILES string of the molecule is COCOc1c(/C=C/c2ccc(Cl)o2)ccc([N+](=O)[O-])c1C(=O)c1ccccc1. The first-order valence-electron chi connectivity index (χ1n) is 8.47. The van der Waals surface area contributed by atoms with Crippen molar-refractivity contribution < 1.29 is 23.6 Å². The molecule has 0 aliphatic rings. The molecule has 1 aromatic heterocycles. The van der Waals surface area contributed by atoms with Gasteiger partial charge in [0.15, 0.2) is 12.0 Å². The van der Waals surface area contributed by atoms with E-state index in [-0.39, 0.29) is 29.0 Å². The van der Waals surface area contributed by atoms with Crippen molar-refractivity contribution >= 4 is 35.2 Å². The zero-order valence-electron chi connectivity index (χ0n) is 15.3. The molecule has 1 heterocycles. The maximum Gasteiger partial charge on any atom is 0.284 e. The predicted octanol–water partition coefficient (Wildman–Crippen LogP) is 5.23. The van der Waals surface area contributed by atoms with E-state index in [9.17, 15) is 14.9 Å². The van der Waals surface area contributed by atoms with Crippen LogP contribution in [0.3, 0.4) is 0 Å². The van der Waals surface area contributed by atoms with Crippen molar-refractivity contribution in [2.45, 2.75) is 0 Å². The van der Waals surface area contributed by atoms with Crippen LogP contribution in [0, 0.1) is 10.1 Å². The summed E-state index contributed by atoms with van der Waals surface area (Å²) < 4.78 is 15.8. The number of hydrogen-bond acceptors (Lipinski definition) is 6. The van der Waals surface area contributed by atoms with Crippen molar-refractivity contribution in [2.75, 3.05) is 13.9 Å². The molecule has 3 aromatic rings. The maximum absolute atomic E-state index is 13.1. The molecule has 0 aliphatic carbocycles. The fourth-order valence-electron chi connectivity index (χ4n) is 2.69. The molecule has 2 aromatic carbocycles. The highest BCUT2D eigenvalue weighted by atomic mass is 35.5. The third-order valence-corrected chi connectivity index (χ3v) is 4.17. The quantitative estimate of drug-likeness (QED) is 0.217. The van der Waals surface area contributed by atoms with Crippen LogP contribution < -0.4 is 4.74 Å². The van der Waals surface area contributed by atoms with E-state index in [1.165, 1.54) is 19.2 Å². The Bertz CT molecular complexity index is 1060. The van der Waals surface area contributed by atoms with Crippen LogP contribution in [0.4, 0.5) is 5.69 Å². The molecule has 0 saturated heterocycles. The summed E-state index contributed by atoms with van der Waals surface area (Å²) >= 11 is 5.77. The number of ketones is 1. The minimum absolute atomic E-state index is 0.0452. The molecule has 0 aliphatic heterocycles. The number of nitrogens with zero attached hydrogens (tertiary/aromatic N) is 1. The van der Waals surface area contributed by atoms with E-state index in [0.717, 1.165) is 0 Å². The van der Waals surface area contributed by atoms with Crippen molar-refractivity contribution in [3.05, 3.63) is 92.4 Å². The van der Waals surface area contributed by atoms with Gasteiger partial charge in [0.1, 0.15) is 17.1 Å². The lowest BCUT2D eigenvalue weighted by Crippen LogP contribution is -2.11. The van der Waals surface area contributed by atoms with Crippen LogP contribution in [0.15, 0.2) is 59.0 Å². The van der Waals surface area contributed by atoms with Crippen LogP contribution in [-0.2, 0) is 4.74 Å². The van der Waals surface area contributed by atoms with Gasteiger partial charge in [0.05, 0.1) is 4.92 Å². The summed E-state index contributed by atoms with van der Waals surface area (Å²) in [5.41, 5.74) is 0.234. The normalized spacial score (nSPS) is 11.0. The Morgan fingerprint density at radius 3 is 2.52 bits per heavy atom. The van der Waals surface area contributed by atoms with E-state index in [0.29, 0.717) is 16.9 Å². The lowest BCUT2D eigenvalue weighted by atomic mass is 9.97. The first-order chi connectivity index (χ1) is 14.0. The number of nitro groups is 1. The summed E-state index contributed by atoms with van der Waals surface area (Å²) in [6.07, 6.45) is 3.23. The molecule has 3 rings (SSSR count). The highest BCUT2D eigenvalue weighted by molar-refractivity contribution is 6.28. The molecule has 0 spiro atoms. The number of carbonyl (C=O) groups excluding carboxylic acids is 1. The van der Waals surface area contributed by atoms with Gasteiger partial charge < -0.3 is 13.9 Å². The molecule has 29 heavy (non-hydrogen) atoms. The zero-order valence-corrected chi connectivity index (χ0v) is 16.1. The first-order valence-corrected chi connectivity index (χ1v) is 8.85. The minimum atomic E-state index is -0.615. The van der Waals surface area contributed by atoms with Gasteiger partial charge in [-0.2, -0.15) is 0 Å². The number of halogens is 1. The van der Waals surface area contributed by atoms with Gasteiger partial charge in [0.2, 0.25) is 5.78 Å². The Morgan fingerprint density at radius 1 is 1.14 bits per heavy atom. The number of nitro benzene ring substituents is 1. The van der Waals surface area contributed by atoms with Gasteiger partial charge in [-0.25, -0.2) is 0 Å². The molecule has 0 radical (unpaired) electrons. The van der Waals surface area contributed by atoms with E-state index < -0.39 is 10.7 Å². The number of rotatable bonds is 8. The van der Waals surface area contributed by atoms with Gasteiger partial charge in [-0.05, 0) is 42.0 Å². The third-order valence-electron chi connectivity index (χ3n) is 3.97. The molecule has 0 N–H and O–H groups in total. The Kier molecular flexibility index (Phi) is 6.43. The molecule has 0 saturated carbocycles. The van der Waals surface area contributed by atoms with Gasteiger partial charge in [-0.3, -0.25) is 14.9 Å². The number of carbonyl (C=O) groups is 1. The zero-order chi connectivity index (χ0) is 20.8. The van der Waals surface area contributed by atoms with Crippen molar-refractivity contribution in [3.8, 4) is 5.75 Å². The van der Waals surface area contributed by atoms with Crippen molar-refractivity contribution in [1.29, 1.82) is 0 Å². The molecule has 0 unspecified atom stereocenters. The monoisotopic (exact) mass is 413 g/mol. The van der Waals surface area contributed by atoms with E-state index in [4.69, 9.17) is 25.5 Å². The molecule has 8 heteroatoms. The first kappa shape index (κ1) is 20.3. The Labute approximate surface area is 171 Å². The van der Waals surface area contributed by atoms with E-state index in [1.807, 2.05) is 0 Å². The Hall–Kier alpha value is -3.42. The van der Waals surface area contributed by atoms with Crippen molar-refractivity contribution in [1.82, 2.24) is 0 Å². The van der Waals surface area contributed by atoms with Gasteiger partial charge >= 0.3 is 0 Å². The predicted molar refractivity (Wildman–Crippen MR) is 108 cm³/mol. The van der Waals surface area contributed by atoms with Gasteiger partial charge in [-0.15, -0.1) is 0 Å². The highest BCUT2D eigenvalue weighted by Crippen LogP contribution is 2.35. The number of benzene rings is 2. The summed E-state index contributed by atoms with van der Waals surface area (Å²) in [6.45, 7) is -0.191. The number of methoxy groups -OCH3 is 1. The largest absolute Gasteiger partial charge is 0.466 e. The van der Waals surface area contributed by atoms with Crippen molar-refractivity contribution in [3.63, 3.8) is 0 Å². The summed E-state index contributed by atoms with van der Waals surface area (Å²) in [5.74, 6) is -0.00881. The fraction of sp³-hybridized carbons (Fsp3) is 0.0952. The smallest absolute Gasteiger partial charge is 0.284 e. The van der Waals surface area contributed by atoms with Crippen LogP contribution in [0.1, 0.15) is 27.2 Å². The van der Waals surface area contributed by atoms with E-state index in [1.54, 1.807) is 54.6 Å². The molecule has 0 atom stereocenters. The molecule has 0 fully saturated rings. The van der Waals surface area contributed by atoms with Crippen LogP contribution in [0.2, 0.25) is 5.22 Å². The molecule has 0 amide bonds. The summed E-state index contributed by atoms with van der Waals surface area (Å²) in [6, 6.07) is 14.3. The fourth-order valence-corrected chi connectivity index (χ4v) is 2.84. The van der Waals surface area contributed by atoms with Crippen LogP contribution >= 0.6 is 11.6 Å². The average Bonchev–Trinajstić information content (AvgIpc) is 3.15. The van der Waals surface area contributed by atoms with Crippen LogP contribution in [-0.4, -0.2) is 24.6 Å². The Morgan fingerprint density at radius 2 is 1.90 bits per heavy atom. The second-order valence-electron chi connectivity index (χ2n) is 5.86. The third kappa shape index (κ3) is 4.71. The second kappa shape index (κ2) is 9.18. The number of hydrogen-bond donors (Lipinski definition) is 0. The van der Waals surface area contributed by atoms with E-state index in [2.05, 4.69) is 0 Å². The van der Waals surface area contributed by atoms with Crippen LogP contribution in [0.5, 0.6) is 5.75 Å². The molecule has 0 bridgehead atoms. The van der Waals surface area contributed by atoms with Gasteiger partial charge in [0.25, 0.3) is 5.69 Å². The minimum Gasteiger partial charge on any atom is -0.466 e. The number of ether oxygens (including phenoxy) is 2. The summed E-state index contributed by atoms with van der Waals surface area (Å²) in [7, 11) is 1.41. The lowest BCUT2D eigenvalue weighted by molar-refractivity contribution is -0.385. The van der Waals surface area contributed by atoms with Gasteiger partial charge in [0, 0.05) is 24.3 Å².